The Labute approximate surface area is 222 Å². The van der Waals surface area contributed by atoms with Crippen molar-refractivity contribution in [3.63, 3.8) is 0 Å². The number of hydrogen-bond acceptors (Lipinski definition) is 3. The normalized spacial score (nSPS) is 12.6. The van der Waals surface area contributed by atoms with Crippen molar-refractivity contribution in [1.29, 1.82) is 0 Å². The highest BCUT2D eigenvalue weighted by Gasteiger charge is 2.17. The maximum atomic E-state index is 10.9. The van der Waals surface area contributed by atoms with Gasteiger partial charge in [0.05, 0.1) is 0 Å². The molecule has 0 bridgehead atoms. The lowest BCUT2D eigenvalue weighted by molar-refractivity contribution is 0.0618. The summed E-state index contributed by atoms with van der Waals surface area (Å²) in [6, 6.07) is 31.6. The van der Waals surface area contributed by atoms with Crippen LogP contribution in [0.5, 0.6) is 5.75 Å². The van der Waals surface area contributed by atoms with Crippen LogP contribution >= 0.6 is 0 Å². The Kier molecular flexibility index (Phi) is 8.86. The molecule has 4 rings (SSSR count). The van der Waals surface area contributed by atoms with E-state index < -0.39 is 6.10 Å². The minimum atomic E-state index is -0.600. The van der Waals surface area contributed by atoms with E-state index in [9.17, 15) is 5.11 Å². The monoisotopic (exact) mass is 496 g/mol. The third-order valence-corrected chi connectivity index (χ3v) is 6.72. The molecule has 0 saturated carbocycles. The van der Waals surface area contributed by atoms with E-state index in [0.29, 0.717) is 6.54 Å². The molecule has 0 aliphatic rings. The second kappa shape index (κ2) is 12.3. The largest absolute Gasteiger partial charge is 0.491 e. The minimum Gasteiger partial charge on any atom is -0.491 e. The number of aryl methyl sites for hydroxylation is 1. The summed E-state index contributed by atoms with van der Waals surface area (Å²) in [5, 5.41) is 10.9. The Bertz CT molecular complexity index is 1240. The highest BCUT2D eigenvalue weighted by Crippen LogP contribution is 2.23. The molecular formula is C33H40N2O2. The highest BCUT2D eigenvalue weighted by atomic mass is 16.5. The molecule has 3 aromatic carbocycles. The van der Waals surface area contributed by atoms with Gasteiger partial charge in [-0.1, -0.05) is 93.6 Å². The van der Waals surface area contributed by atoms with Crippen molar-refractivity contribution in [1.82, 2.24) is 9.47 Å². The summed E-state index contributed by atoms with van der Waals surface area (Å²) in [7, 11) is 0. The molecule has 0 fully saturated rings. The van der Waals surface area contributed by atoms with E-state index in [1.807, 2.05) is 37.3 Å². The molecule has 0 aliphatic heterocycles. The number of aliphatic hydroxyl groups is 1. The van der Waals surface area contributed by atoms with Crippen molar-refractivity contribution < 1.29 is 9.84 Å². The van der Waals surface area contributed by atoms with Crippen LogP contribution in [0.2, 0.25) is 0 Å². The highest BCUT2D eigenvalue weighted by molar-refractivity contribution is 5.32. The first-order chi connectivity index (χ1) is 17.8. The van der Waals surface area contributed by atoms with Crippen LogP contribution in [-0.4, -0.2) is 33.8 Å². The summed E-state index contributed by atoms with van der Waals surface area (Å²) in [6.07, 6.45) is 1.54. The van der Waals surface area contributed by atoms with Crippen molar-refractivity contribution >= 4 is 0 Å². The van der Waals surface area contributed by atoms with Crippen molar-refractivity contribution in [2.45, 2.75) is 58.8 Å². The van der Waals surface area contributed by atoms with Crippen LogP contribution in [0.3, 0.4) is 0 Å². The summed E-state index contributed by atoms with van der Waals surface area (Å²) in [4.78, 5) is 2.30. The molecule has 4 nitrogen and oxygen atoms in total. The molecule has 4 aromatic rings. The summed E-state index contributed by atoms with van der Waals surface area (Å²) in [6.45, 7) is 11.9. The zero-order chi connectivity index (χ0) is 26.3. The number of para-hydroxylation sites is 1. The lowest BCUT2D eigenvalue weighted by atomic mass is 9.87. The molecular weight excluding hydrogens is 456 g/mol. The van der Waals surface area contributed by atoms with Gasteiger partial charge in [-0.2, -0.15) is 0 Å². The van der Waals surface area contributed by atoms with Gasteiger partial charge in [-0.3, -0.25) is 4.90 Å². The SMILES string of the molecule is Cc1ccccc1OCC(O)CN(Cc1ccccc1)Cc1cccn1Cc1ccc(C(C)(C)C)cc1. The molecule has 1 aromatic heterocycles. The minimum absolute atomic E-state index is 0.152. The van der Waals surface area contributed by atoms with E-state index >= 15 is 0 Å². The van der Waals surface area contributed by atoms with Gasteiger partial charge in [0.15, 0.2) is 0 Å². The molecule has 0 amide bonds. The van der Waals surface area contributed by atoms with Crippen molar-refractivity contribution in [2.24, 2.45) is 0 Å². The quantitative estimate of drug-likeness (QED) is 0.255. The van der Waals surface area contributed by atoms with E-state index in [0.717, 1.165) is 30.9 Å². The van der Waals surface area contributed by atoms with Crippen LogP contribution in [0.4, 0.5) is 0 Å². The molecule has 37 heavy (non-hydrogen) atoms. The Hall–Kier alpha value is -3.34. The Balaban J connectivity index is 1.44. The molecule has 1 N–H and O–H groups in total. The summed E-state index contributed by atoms with van der Waals surface area (Å²) in [5.41, 5.74) is 6.31. The van der Waals surface area contributed by atoms with E-state index in [1.165, 1.54) is 22.4 Å². The summed E-state index contributed by atoms with van der Waals surface area (Å²) in [5.74, 6) is 0.822. The number of benzene rings is 3. The van der Waals surface area contributed by atoms with Gasteiger partial charge in [-0.05, 0) is 52.8 Å². The molecule has 1 heterocycles. The van der Waals surface area contributed by atoms with Crippen molar-refractivity contribution in [2.75, 3.05) is 13.2 Å². The van der Waals surface area contributed by atoms with Gasteiger partial charge in [0.2, 0.25) is 0 Å². The van der Waals surface area contributed by atoms with Crippen LogP contribution in [-0.2, 0) is 25.0 Å². The standard InChI is InChI=1S/C33H40N2O2/c1-26-11-8-9-15-32(26)37-25-31(36)24-34(21-27-12-6-5-7-13-27)23-30-14-10-20-35(30)22-28-16-18-29(19-17-28)33(2,3)4/h5-20,31,36H,21-25H2,1-4H3. The lowest BCUT2D eigenvalue weighted by Gasteiger charge is -2.26. The maximum Gasteiger partial charge on any atom is 0.122 e. The second-order valence-corrected chi connectivity index (χ2v) is 11.0. The third kappa shape index (κ3) is 7.82. The van der Waals surface area contributed by atoms with Crippen LogP contribution in [0.15, 0.2) is 97.2 Å². The molecule has 194 valence electrons. The van der Waals surface area contributed by atoms with Crippen molar-refractivity contribution in [3.8, 4) is 5.75 Å². The third-order valence-electron chi connectivity index (χ3n) is 6.72. The van der Waals surface area contributed by atoms with Gasteiger partial charge in [0.1, 0.15) is 18.5 Å². The smallest absolute Gasteiger partial charge is 0.122 e. The molecule has 4 heteroatoms. The molecule has 1 atom stereocenters. The maximum absolute atomic E-state index is 10.9. The fourth-order valence-electron chi connectivity index (χ4n) is 4.56. The molecule has 0 spiro atoms. The number of aliphatic hydroxyl groups excluding tert-OH is 1. The Morgan fingerprint density at radius 2 is 1.51 bits per heavy atom. The van der Waals surface area contributed by atoms with Gasteiger partial charge < -0.3 is 14.4 Å². The van der Waals surface area contributed by atoms with E-state index in [1.54, 1.807) is 0 Å². The Morgan fingerprint density at radius 3 is 2.22 bits per heavy atom. The first kappa shape index (κ1) is 26.7. The van der Waals surface area contributed by atoms with Crippen LogP contribution in [0.1, 0.15) is 48.7 Å². The summed E-state index contributed by atoms with van der Waals surface area (Å²) >= 11 is 0. The van der Waals surface area contributed by atoms with E-state index in [-0.39, 0.29) is 12.0 Å². The number of rotatable bonds is 11. The van der Waals surface area contributed by atoms with E-state index in [2.05, 4.69) is 97.1 Å². The number of nitrogens with zero attached hydrogens (tertiary/aromatic N) is 2. The topological polar surface area (TPSA) is 37.6 Å². The van der Waals surface area contributed by atoms with Gasteiger partial charge in [-0.15, -0.1) is 0 Å². The zero-order valence-electron chi connectivity index (χ0n) is 22.6. The first-order valence-electron chi connectivity index (χ1n) is 13.1. The number of ether oxygens (including phenoxy) is 1. The predicted molar refractivity (Wildman–Crippen MR) is 152 cm³/mol. The molecule has 0 aliphatic carbocycles. The van der Waals surface area contributed by atoms with Crippen LogP contribution in [0.25, 0.3) is 0 Å². The first-order valence-corrected chi connectivity index (χ1v) is 13.1. The fraction of sp³-hybridized carbons (Fsp3) is 0.333. The van der Waals surface area contributed by atoms with Gasteiger partial charge >= 0.3 is 0 Å². The Morgan fingerprint density at radius 1 is 0.811 bits per heavy atom. The molecule has 0 saturated heterocycles. The average Bonchev–Trinajstić information content (AvgIpc) is 3.30. The average molecular weight is 497 g/mol. The fourth-order valence-corrected chi connectivity index (χ4v) is 4.56. The number of hydrogen-bond donors (Lipinski definition) is 1. The second-order valence-electron chi connectivity index (χ2n) is 11.0. The van der Waals surface area contributed by atoms with Crippen LogP contribution in [0, 0.1) is 6.92 Å². The zero-order valence-corrected chi connectivity index (χ0v) is 22.6. The predicted octanol–water partition coefficient (Wildman–Crippen LogP) is 6.58. The molecule has 0 radical (unpaired) electrons. The van der Waals surface area contributed by atoms with Gasteiger partial charge in [0.25, 0.3) is 0 Å². The van der Waals surface area contributed by atoms with Crippen LogP contribution < -0.4 is 4.74 Å². The lowest BCUT2D eigenvalue weighted by Crippen LogP contribution is -2.35. The molecule has 1 unspecified atom stereocenters. The van der Waals surface area contributed by atoms with Gasteiger partial charge in [-0.25, -0.2) is 0 Å². The van der Waals surface area contributed by atoms with Gasteiger partial charge in [0, 0.05) is 38.1 Å². The summed E-state index contributed by atoms with van der Waals surface area (Å²) < 4.78 is 8.25. The van der Waals surface area contributed by atoms with E-state index in [4.69, 9.17) is 4.74 Å². The number of aromatic nitrogens is 1. The van der Waals surface area contributed by atoms with Crippen molar-refractivity contribution in [3.05, 3.63) is 125 Å².